The number of rotatable bonds is 5. The quantitative estimate of drug-likeness (QED) is 0.894. The van der Waals surface area contributed by atoms with Crippen molar-refractivity contribution >= 4 is 21.6 Å². The van der Waals surface area contributed by atoms with Gasteiger partial charge in [-0.2, -0.15) is 0 Å². The van der Waals surface area contributed by atoms with Crippen molar-refractivity contribution in [2.75, 3.05) is 11.4 Å². The van der Waals surface area contributed by atoms with Crippen LogP contribution in [0, 0.1) is 13.8 Å². The molecule has 0 bridgehead atoms. The van der Waals surface area contributed by atoms with E-state index in [0.717, 1.165) is 28.8 Å². The second-order valence-corrected chi connectivity index (χ2v) is 8.12. The Kier molecular flexibility index (Phi) is 4.92. The molecule has 132 valence electrons. The number of sulfonamides is 1. The van der Waals surface area contributed by atoms with Crippen LogP contribution in [0.3, 0.4) is 0 Å². The minimum absolute atomic E-state index is 0.0939. The molecule has 1 N–H and O–H groups in total. The molecular formula is C19H22N2O3S. The summed E-state index contributed by atoms with van der Waals surface area (Å²) < 4.78 is 27.8. The van der Waals surface area contributed by atoms with Crippen molar-refractivity contribution in [2.45, 2.75) is 38.1 Å². The SMILES string of the molecule is Cc1ccccc1CNS(=O)(=O)c1ccc(N2CCCC2=O)c(C)c1. The van der Waals surface area contributed by atoms with Gasteiger partial charge in [-0.05, 0) is 55.2 Å². The molecule has 3 rings (SSSR count). The average Bonchev–Trinajstić information content (AvgIpc) is 3.00. The summed E-state index contributed by atoms with van der Waals surface area (Å²) in [6, 6.07) is 12.6. The van der Waals surface area contributed by atoms with Crippen LogP contribution < -0.4 is 9.62 Å². The van der Waals surface area contributed by atoms with E-state index < -0.39 is 10.0 Å². The highest BCUT2D eigenvalue weighted by atomic mass is 32.2. The minimum Gasteiger partial charge on any atom is -0.312 e. The Morgan fingerprint density at radius 2 is 1.84 bits per heavy atom. The van der Waals surface area contributed by atoms with Crippen LogP contribution in [0.5, 0.6) is 0 Å². The molecule has 0 unspecified atom stereocenters. The highest BCUT2D eigenvalue weighted by Gasteiger charge is 2.24. The Hall–Kier alpha value is -2.18. The van der Waals surface area contributed by atoms with Gasteiger partial charge in [0, 0.05) is 25.2 Å². The lowest BCUT2D eigenvalue weighted by Gasteiger charge is -2.19. The molecule has 1 aliphatic rings. The second kappa shape index (κ2) is 6.98. The highest BCUT2D eigenvalue weighted by molar-refractivity contribution is 7.89. The van der Waals surface area contributed by atoms with Gasteiger partial charge in [0.05, 0.1) is 4.90 Å². The van der Waals surface area contributed by atoms with E-state index in [9.17, 15) is 13.2 Å². The third-order valence-electron chi connectivity index (χ3n) is 4.56. The summed E-state index contributed by atoms with van der Waals surface area (Å²) in [6.45, 7) is 4.73. The zero-order valence-corrected chi connectivity index (χ0v) is 15.3. The van der Waals surface area contributed by atoms with Gasteiger partial charge in [0.15, 0.2) is 0 Å². The van der Waals surface area contributed by atoms with Crippen LogP contribution in [-0.2, 0) is 21.4 Å². The Balaban J connectivity index is 1.79. The number of benzene rings is 2. The summed E-state index contributed by atoms with van der Waals surface area (Å²) in [7, 11) is -3.60. The number of nitrogens with zero attached hydrogens (tertiary/aromatic N) is 1. The Morgan fingerprint density at radius 1 is 1.08 bits per heavy atom. The maximum absolute atomic E-state index is 12.6. The zero-order chi connectivity index (χ0) is 18.0. The number of hydrogen-bond acceptors (Lipinski definition) is 3. The molecule has 0 saturated carbocycles. The summed E-state index contributed by atoms with van der Waals surface area (Å²) in [5, 5.41) is 0. The summed E-state index contributed by atoms with van der Waals surface area (Å²) in [4.78, 5) is 13.8. The predicted molar refractivity (Wildman–Crippen MR) is 98.0 cm³/mol. The summed E-state index contributed by atoms with van der Waals surface area (Å²) >= 11 is 0. The van der Waals surface area contributed by atoms with Crippen molar-refractivity contribution in [3.63, 3.8) is 0 Å². The van der Waals surface area contributed by atoms with Gasteiger partial charge in [0.1, 0.15) is 0 Å². The fraction of sp³-hybridized carbons (Fsp3) is 0.316. The third-order valence-corrected chi connectivity index (χ3v) is 5.96. The molecule has 0 atom stereocenters. The number of amides is 1. The molecule has 5 nitrogen and oxygen atoms in total. The lowest BCUT2D eigenvalue weighted by atomic mass is 10.1. The predicted octanol–water partition coefficient (Wildman–Crippen LogP) is 2.91. The van der Waals surface area contributed by atoms with Gasteiger partial charge in [0.2, 0.25) is 15.9 Å². The van der Waals surface area contributed by atoms with Crippen LogP contribution in [0.1, 0.15) is 29.5 Å². The maximum atomic E-state index is 12.6. The van der Waals surface area contributed by atoms with Gasteiger partial charge in [-0.1, -0.05) is 24.3 Å². The van der Waals surface area contributed by atoms with Crippen LogP contribution in [0.4, 0.5) is 5.69 Å². The Bertz CT molecular complexity index is 907. The van der Waals surface area contributed by atoms with Crippen molar-refractivity contribution in [2.24, 2.45) is 0 Å². The van der Waals surface area contributed by atoms with Crippen molar-refractivity contribution in [1.82, 2.24) is 4.72 Å². The average molecular weight is 358 g/mol. The Morgan fingerprint density at radius 3 is 2.48 bits per heavy atom. The number of carbonyl (C=O) groups is 1. The van der Waals surface area contributed by atoms with Gasteiger partial charge in [0.25, 0.3) is 0 Å². The molecule has 25 heavy (non-hydrogen) atoms. The number of nitrogens with one attached hydrogen (secondary N) is 1. The van der Waals surface area contributed by atoms with E-state index in [1.54, 1.807) is 23.1 Å². The smallest absolute Gasteiger partial charge is 0.240 e. The van der Waals surface area contributed by atoms with E-state index in [4.69, 9.17) is 0 Å². The molecule has 0 aromatic heterocycles. The maximum Gasteiger partial charge on any atom is 0.240 e. The number of hydrogen-bond donors (Lipinski definition) is 1. The van der Waals surface area contributed by atoms with Crippen molar-refractivity contribution in [3.05, 3.63) is 59.2 Å². The fourth-order valence-electron chi connectivity index (χ4n) is 3.07. The molecule has 6 heteroatoms. The van der Waals surface area contributed by atoms with Crippen LogP contribution in [0.25, 0.3) is 0 Å². The van der Waals surface area contributed by atoms with E-state index in [-0.39, 0.29) is 17.3 Å². The second-order valence-electron chi connectivity index (χ2n) is 6.35. The summed E-state index contributed by atoms with van der Waals surface area (Å²) in [5.74, 6) is 0.0939. The first-order chi connectivity index (χ1) is 11.9. The lowest BCUT2D eigenvalue weighted by molar-refractivity contribution is -0.117. The van der Waals surface area contributed by atoms with Gasteiger partial charge in [-0.25, -0.2) is 13.1 Å². The molecule has 1 aliphatic heterocycles. The fourth-order valence-corrected chi connectivity index (χ4v) is 4.16. The third kappa shape index (κ3) is 3.75. The molecule has 2 aromatic rings. The molecule has 0 aliphatic carbocycles. The zero-order valence-electron chi connectivity index (χ0n) is 14.5. The van der Waals surface area contributed by atoms with E-state index in [1.807, 2.05) is 38.1 Å². The highest BCUT2D eigenvalue weighted by Crippen LogP contribution is 2.27. The van der Waals surface area contributed by atoms with Crippen molar-refractivity contribution in [3.8, 4) is 0 Å². The molecule has 1 amide bonds. The van der Waals surface area contributed by atoms with E-state index in [2.05, 4.69) is 4.72 Å². The van der Waals surface area contributed by atoms with Crippen LogP contribution >= 0.6 is 0 Å². The van der Waals surface area contributed by atoms with E-state index >= 15 is 0 Å². The summed E-state index contributed by atoms with van der Waals surface area (Å²) in [6.07, 6.45) is 1.40. The molecule has 1 saturated heterocycles. The van der Waals surface area contributed by atoms with Crippen molar-refractivity contribution in [1.29, 1.82) is 0 Å². The molecule has 1 heterocycles. The first-order valence-corrected chi connectivity index (χ1v) is 9.82. The first kappa shape index (κ1) is 17.6. The van der Waals surface area contributed by atoms with Crippen LogP contribution in [0.2, 0.25) is 0 Å². The molecule has 0 radical (unpaired) electrons. The van der Waals surface area contributed by atoms with Gasteiger partial charge >= 0.3 is 0 Å². The summed E-state index contributed by atoms with van der Waals surface area (Å²) in [5.41, 5.74) is 3.57. The lowest BCUT2D eigenvalue weighted by Crippen LogP contribution is -2.26. The topological polar surface area (TPSA) is 66.5 Å². The normalized spacial score (nSPS) is 15.0. The standard InChI is InChI=1S/C19H22N2O3S/c1-14-6-3-4-7-16(14)13-20-25(23,24)17-9-10-18(15(2)12-17)21-11-5-8-19(21)22/h3-4,6-7,9-10,12,20H,5,8,11,13H2,1-2H3. The van der Waals surface area contributed by atoms with Gasteiger partial charge in [-0.3, -0.25) is 4.79 Å². The van der Waals surface area contributed by atoms with E-state index in [0.29, 0.717) is 13.0 Å². The largest absolute Gasteiger partial charge is 0.312 e. The van der Waals surface area contributed by atoms with Crippen LogP contribution in [0.15, 0.2) is 47.4 Å². The molecule has 0 spiro atoms. The first-order valence-electron chi connectivity index (χ1n) is 8.34. The van der Waals surface area contributed by atoms with Gasteiger partial charge in [-0.15, -0.1) is 0 Å². The molecule has 1 fully saturated rings. The molecular weight excluding hydrogens is 336 g/mol. The number of aryl methyl sites for hydroxylation is 2. The van der Waals surface area contributed by atoms with Gasteiger partial charge < -0.3 is 4.90 Å². The number of anilines is 1. The molecule has 2 aromatic carbocycles. The monoisotopic (exact) mass is 358 g/mol. The number of carbonyl (C=O) groups excluding carboxylic acids is 1. The van der Waals surface area contributed by atoms with Crippen molar-refractivity contribution < 1.29 is 13.2 Å². The van der Waals surface area contributed by atoms with E-state index in [1.165, 1.54) is 0 Å². The van der Waals surface area contributed by atoms with Crippen LogP contribution in [-0.4, -0.2) is 20.9 Å². The minimum atomic E-state index is -3.60. The Labute approximate surface area is 148 Å².